The number of likely N-dealkylation sites (tertiary alicyclic amines) is 1. The smallest absolute Gasteiger partial charge is 0.165 e. The molecule has 21 heavy (non-hydrogen) atoms. The molecule has 1 atom stereocenters. The van der Waals surface area contributed by atoms with Crippen LogP contribution in [-0.4, -0.2) is 42.8 Å². The molecule has 2 aliphatic rings. The molecule has 0 aliphatic carbocycles. The Morgan fingerprint density at radius 3 is 2.81 bits per heavy atom. The fourth-order valence-electron chi connectivity index (χ4n) is 3.35. The van der Waals surface area contributed by atoms with Gasteiger partial charge in [-0.15, -0.1) is 0 Å². The summed E-state index contributed by atoms with van der Waals surface area (Å²) >= 11 is 0. The van der Waals surface area contributed by atoms with E-state index in [1.54, 1.807) is 18.2 Å². The van der Waals surface area contributed by atoms with Crippen LogP contribution >= 0.6 is 0 Å². The van der Waals surface area contributed by atoms with E-state index in [2.05, 4.69) is 18.7 Å². The Labute approximate surface area is 126 Å². The maximum atomic E-state index is 13.5. The quantitative estimate of drug-likeness (QED) is 0.851. The van der Waals surface area contributed by atoms with Gasteiger partial charge in [0.25, 0.3) is 0 Å². The van der Waals surface area contributed by atoms with Crippen LogP contribution in [0.4, 0.5) is 4.39 Å². The van der Waals surface area contributed by atoms with Crippen LogP contribution in [0.2, 0.25) is 0 Å². The Bertz CT molecular complexity index is 485. The van der Waals surface area contributed by atoms with Crippen molar-refractivity contribution in [2.45, 2.75) is 38.4 Å². The molecule has 0 saturated carbocycles. The molecule has 0 radical (unpaired) electrons. The lowest BCUT2D eigenvalue weighted by Crippen LogP contribution is -2.55. The minimum Gasteiger partial charge on any atom is -0.485 e. The molecule has 2 saturated heterocycles. The van der Waals surface area contributed by atoms with Crippen LogP contribution < -0.4 is 4.74 Å². The van der Waals surface area contributed by atoms with Gasteiger partial charge in [0, 0.05) is 26.2 Å². The van der Waals surface area contributed by atoms with E-state index in [1.807, 2.05) is 0 Å². The molecule has 4 heteroatoms. The molecule has 0 bridgehead atoms. The molecule has 1 unspecified atom stereocenters. The minimum absolute atomic E-state index is 0.0108. The predicted octanol–water partition coefficient (Wildman–Crippen LogP) is 3.09. The highest BCUT2D eigenvalue weighted by atomic mass is 19.1. The summed E-state index contributed by atoms with van der Waals surface area (Å²) in [4.78, 5) is 2.40. The van der Waals surface area contributed by atoms with Crippen molar-refractivity contribution in [1.82, 2.24) is 4.90 Å². The Balaban J connectivity index is 1.43. The molecule has 3 rings (SSSR count). The third-order valence-electron chi connectivity index (χ3n) is 4.37. The highest BCUT2D eigenvalue weighted by Crippen LogP contribution is 2.30. The number of hydrogen-bond donors (Lipinski definition) is 0. The molecule has 2 fully saturated rings. The van der Waals surface area contributed by atoms with Crippen molar-refractivity contribution in [3.05, 3.63) is 30.1 Å². The molecule has 1 aromatic carbocycles. The Morgan fingerprint density at radius 1 is 1.33 bits per heavy atom. The normalized spacial score (nSPS) is 26.3. The summed E-state index contributed by atoms with van der Waals surface area (Å²) in [5.41, 5.74) is 0.0108. The van der Waals surface area contributed by atoms with Gasteiger partial charge < -0.3 is 9.47 Å². The van der Waals surface area contributed by atoms with E-state index in [9.17, 15) is 4.39 Å². The van der Waals surface area contributed by atoms with Gasteiger partial charge in [-0.2, -0.15) is 0 Å². The molecule has 0 aromatic heterocycles. The maximum absolute atomic E-state index is 13.5. The molecule has 2 heterocycles. The Morgan fingerprint density at radius 2 is 2.10 bits per heavy atom. The fraction of sp³-hybridized carbons (Fsp3) is 0.647. The number of benzene rings is 1. The average Bonchev–Trinajstić information content (AvgIpc) is 2.37. The first kappa shape index (κ1) is 14.8. The van der Waals surface area contributed by atoms with Crippen molar-refractivity contribution in [2.75, 3.05) is 26.2 Å². The van der Waals surface area contributed by atoms with E-state index in [0.29, 0.717) is 11.7 Å². The van der Waals surface area contributed by atoms with Gasteiger partial charge in [-0.05, 0) is 44.7 Å². The molecule has 116 valence electrons. The van der Waals surface area contributed by atoms with Crippen molar-refractivity contribution >= 4 is 0 Å². The zero-order valence-corrected chi connectivity index (χ0v) is 12.8. The summed E-state index contributed by atoms with van der Waals surface area (Å²) in [5.74, 6) is 0.791. The van der Waals surface area contributed by atoms with Gasteiger partial charge in [0.15, 0.2) is 11.6 Å². The van der Waals surface area contributed by atoms with Crippen LogP contribution in [0.25, 0.3) is 0 Å². The summed E-state index contributed by atoms with van der Waals surface area (Å²) in [6.45, 7) is 8.08. The standard InChI is InChI=1S/C17H24FNO2/c1-17(2)9-13(7-8-20-17)10-19-11-14(12-19)21-16-6-4-3-5-15(16)18/h3-6,13-14H,7-12H2,1-2H3. The van der Waals surface area contributed by atoms with Crippen molar-refractivity contribution in [3.8, 4) is 5.75 Å². The number of rotatable bonds is 4. The zero-order chi connectivity index (χ0) is 14.9. The van der Waals surface area contributed by atoms with Crippen LogP contribution in [0.1, 0.15) is 26.7 Å². The molecule has 3 nitrogen and oxygen atoms in total. The average molecular weight is 293 g/mol. The van der Waals surface area contributed by atoms with Crippen molar-refractivity contribution in [2.24, 2.45) is 5.92 Å². The zero-order valence-electron chi connectivity index (χ0n) is 12.8. The number of halogens is 1. The van der Waals surface area contributed by atoms with Crippen LogP contribution in [0.5, 0.6) is 5.75 Å². The molecular weight excluding hydrogens is 269 g/mol. The number of ether oxygens (including phenoxy) is 2. The van der Waals surface area contributed by atoms with Crippen molar-refractivity contribution in [1.29, 1.82) is 0 Å². The van der Waals surface area contributed by atoms with E-state index in [1.165, 1.54) is 6.07 Å². The molecule has 1 aromatic rings. The molecule has 0 N–H and O–H groups in total. The third kappa shape index (κ3) is 3.74. The minimum atomic E-state index is -0.276. The summed E-state index contributed by atoms with van der Waals surface area (Å²) in [5, 5.41) is 0. The van der Waals surface area contributed by atoms with E-state index < -0.39 is 0 Å². The third-order valence-corrected chi connectivity index (χ3v) is 4.37. The first-order valence-electron chi connectivity index (χ1n) is 7.79. The summed E-state index contributed by atoms with van der Waals surface area (Å²) in [6.07, 6.45) is 2.37. The van der Waals surface area contributed by atoms with Gasteiger partial charge in [-0.1, -0.05) is 12.1 Å². The van der Waals surface area contributed by atoms with Gasteiger partial charge in [-0.25, -0.2) is 4.39 Å². The van der Waals surface area contributed by atoms with Crippen LogP contribution in [0.3, 0.4) is 0 Å². The van der Waals surface area contributed by atoms with Crippen molar-refractivity contribution < 1.29 is 13.9 Å². The number of hydrogen-bond acceptors (Lipinski definition) is 3. The lowest BCUT2D eigenvalue weighted by molar-refractivity contribution is -0.0851. The van der Waals surface area contributed by atoms with E-state index >= 15 is 0 Å². The summed E-state index contributed by atoms with van der Waals surface area (Å²) < 4.78 is 25.0. The number of nitrogens with zero attached hydrogens (tertiary/aromatic N) is 1. The van der Waals surface area contributed by atoms with Gasteiger partial charge >= 0.3 is 0 Å². The second-order valence-electron chi connectivity index (χ2n) is 6.86. The largest absolute Gasteiger partial charge is 0.485 e. The van der Waals surface area contributed by atoms with E-state index in [4.69, 9.17) is 9.47 Å². The second kappa shape index (κ2) is 5.93. The van der Waals surface area contributed by atoms with Crippen LogP contribution in [-0.2, 0) is 4.74 Å². The Kier molecular flexibility index (Phi) is 4.18. The van der Waals surface area contributed by atoms with Gasteiger partial charge in [0.05, 0.1) is 5.60 Å². The molecule has 0 amide bonds. The molecule has 0 spiro atoms. The number of para-hydroxylation sites is 1. The lowest BCUT2D eigenvalue weighted by atomic mass is 9.87. The first-order chi connectivity index (χ1) is 10.0. The lowest BCUT2D eigenvalue weighted by Gasteiger charge is -2.43. The van der Waals surface area contributed by atoms with E-state index in [0.717, 1.165) is 39.1 Å². The SMILES string of the molecule is CC1(C)CC(CN2CC(Oc3ccccc3F)C2)CCO1. The predicted molar refractivity (Wildman–Crippen MR) is 80.0 cm³/mol. The fourth-order valence-corrected chi connectivity index (χ4v) is 3.35. The van der Waals surface area contributed by atoms with Gasteiger partial charge in [-0.3, -0.25) is 4.90 Å². The Hall–Kier alpha value is -1.13. The molecule has 2 aliphatic heterocycles. The monoisotopic (exact) mass is 293 g/mol. The first-order valence-corrected chi connectivity index (χ1v) is 7.79. The van der Waals surface area contributed by atoms with Gasteiger partial charge in [0.1, 0.15) is 6.10 Å². The summed E-state index contributed by atoms with van der Waals surface area (Å²) in [6, 6.07) is 6.62. The second-order valence-corrected chi connectivity index (χ2v) is 6.86. The summed E-state index contributed by atoms with van der Waals surface area (Å²) in [7, 11) is 0. The van der Waals surface area contributed by atoms with Crippen molar-refractivity contribution in [3.63, 3.8) is 0 Å². The topological polar surface area (TPSA) is 21.7 Å². The van der Waals surface area contributed by atoms with Crippen LogP contribution in [0, 0.1) is 11.7 Å². The van der Waals surface area contributed by atoms with E-state index in [-0.39, 0.29) is 17.5 Å². The highest BCUT2D eigenvalue weighted by Gasteiger charge is 2.34. The van der Waals surface area contributed by atoms with Crippen LogP contribution in [0.15, 0.2) is 24.3 Å². The highest BCUT2D eigenvalue weighted by molar-refractivity contribution is 5.24. The maximum Gasteiger partial charge on any atom is 0.165 e. The molecular formula is C17H24FNO2. The van der Waals surface area contributed by atoms with Gasteiger partial charge in [0.2, 0.25) is 0 Å².